The van der Waals surface area contributed by atoms with Crippen LogP contribution < -0.4 is 4.74 Å². The van der Waals surface area contributed by atoms with Gasteiger partial charge in [0.1, 0.15) is 5.65 Å². The number of methoxy groups -OCH3 is 1. The number of pyridine rings is 1. The predicted octanol–water partition coefficient (Wildman–Crippen LogP) is 2.03. The third kappa shape index (κ3) is 1.61. The minimum absolute atomic E-state index is 0.506. The molecule has 17 heavy (non-hydrogen) atoms. The van der Waals surface area contributed by atoms with Crippen LogP contribution in [0.5, 0.6) is 5.88 Å². The van der Waals surface area contributed by atoms with Crippen molar-refractivity contribution in [2.45, 2.75) is 0 Å². The van der Waals surface area contributed by atoms with E-state index in [1.54, 1.807) is 19.4 Å². The molecule has 3 aromatic rings. The minimum Gasteiger partial charge on any atom is -0.480 e. The topological polar surface area (TPSA) is 63.7 Å². The van der Waals surface area contributed by atoms with E-state index in [1.165, 1.54) is 0 Å². The maximum absolute atomic E-state index is 4.98. The maximum Gasteiger partial charge on any atom is 0.233 e. The molecule has 0 bridgehead atoms. The number of fused-ring (bicyclic) bond motifs is 1. The third-order valence-electron chi connectivity index (χ3n) is 2.58. The summed E-state index contributed by atoms with van der Waals surface area (Å²) in [6, 6.07) is 7.57. The number of hydrogen-bond donors (Lipinski definition) is 1. The van der Waals surface area contributed by atoms with Gasteiger partial charge >= 0.3 is 0 Å². The highest BCUT2D eigenvalue weighted by Gasteiger charge is 2.08. The lowest BCUT2D eigenvalue weighted by molar-refractivity contribution is 0.392. The molecule has 5 heteroatoms. The van der Waals surface area contributed by atoms with Gasteiger partial charge in [0.25, 0.3) is 0 Å². The Morgan fingerprint density at radius 2 is 2.12 bits per heavy atom. The number of nitrogens with one attached hydrogen (secondary N) is 1. The van der Waals surface area contributed by atoms with Crippen LogP contribution in [0.15, 0.2) is 36.7 Å². The van der Waals surface area contributed by atoms with Gasteiger partial charge in [0.05, 0.1) is 12.8 Å². The molecule has 0 radical (unpaired) electrons. The van der Waals surface area contributed by atoms with Gasteiger partial charge in [-0.3, -0.25) is 0 Å². The Labute approximate surface area is 97.5 Å². The van der Waals surface area contributed by atoms with Crippen LogP contribution >= 0.6 is 0 Å². The molecule has 84 valence electrons. The summed E-state index contributed by atoms with van der Waals surface area (Å²) in [5.74, 6) is 0.506. The number of aromatic nitrogens is 4. The van der Waals surface area contributed by atoms with Gasteiger partial charge < -0.3 is 9.72 Å². The summed E-state index contributed by atoms with van der Waals surface area (Å²) in [6.45, 7) is 0. The van der Waals surface area contributed by atoms with Gasteiger partial charge in [0.15, 0.2) is 0 Å². The van der Waals surface area contributed by atoms with Gasteiger partial charge in [-0.2, -0.15) is 0 Å². The van der Waals surface area contributed by atoms with E-state index < -0.39 is 0 Å². The minimum atomic E-state index is 0.506. The smallest absolute Gasteiger partial charge is 0.233 e. The molecule has 0 aliphatic heterocycles. The standard InChI is InChI=1S/C12H10N4O/c1-17-11-5-4-10(15-16-11)9-7-14-12-8(9)3-2-6-13-12/h2-7H,1H3,(H,13,14). The van der Waals surface area contributed by atoms with Gasteiger partial charge in [0.2, 0.25) is 5.88 Å². The Morgan fingerprint density at radius 1 is 1.18 bits per heavy atom. The van der Waals surface area contributed by atoms with Crippen molar-refractivity contribution in [2.75, 3.05) is 7.11 Å². The van der Waals surface area contributed by atoms with Gasteiger partial charge in [-0.05, 0) is 18.2 Å². The van der Waals surface area contributed by atoms with Crippen molar-refractivity contribution < 1.29 is 4.74 Å². The molecule has 0 saturated heterocycles. The van der Waals surface area contributed by atoms with E-state index in [1.807, 2.05) is 24.4 Å². The molecular weight excluding hydrogens is 216 g/mol. The molecule has 0 amide bonds. The zero-order valence-corrected chi connectivity index (χ0v) is 9.21. The van der Waals surface area contributed by atoms with Crippen LogP contribution in [-0.4, -0.2) is 27.3 Å². The van der Waals surface area contributed by atoms with Crippen molar-refractivity contribution in [3.05, 3.63) is 36.7 Å². The van der Waals surface area contributed by atoms with Crippen molar-refractivity contribution in [1.82, 2.24) is 20.2 Å². The Bertz CT molecular complexity index is 645. The molecule has 0 atom stereocenters. The fraction of sp³-hybridized carbons (Fsp3) is 0.0833. The fourth-order valence-corrected chi connectivity index (χ4v) is 1.74. The van der Waals surface area contributed by atoms with Crippen LogP contribution in [0.3, 0.4) is 0 Å². The molecule has 3 heterocycles. The van der Waals surface area contributed by atoms with Crippen LogP contribution in [0, 0.1) is 0 Å². The Balaban J connectivity index is 2.13. The van der Waals surface area contributed by atoms with Crippen LogP contribution in [0.1, 0.15) is 0 Å². The van der Waals surface area contributed by atoms with Crippen LogP contribution in [0.25, 0.3) is 22.3 Å². The monoisotopic (exact) mass is 226 g/mol. The van der Waals surface area contributed by atoms with Crippen molar-refractivity contribution in [1.29, 1.82) is 0 Å². The zero-order chi connectivity index (χ0) is 11.7. The first-order chi connectivity index (χ1) is 8.38. The second-order valence-electron chi connectivity index (χ2n) is 3.56. The van der Waals surface area contributed by atoms with E-state index in [4.69, 9.17) is 4.74 Å². The number of H-pyrrole nitrogens is 1. The van der Waals surface area contributed by atoms with Crippen molar-refractivity contribution in [3.8, 4) is 17.1 Å². The van der Waals surface area contributed by atoms with Gasteiger partial charge in [0, 0.05) is 29.4 Å². The Morgan fingerprint density at radius 3 is 2.88 bits per heavy atom. The Kier molecular flexibility index (Phi) is 2.22. The predicted molar refractivity (Wildman–Crippen MR) is 63.7 cm³/mol. The van der Waals surface area contributed by atoms with Crippen LogP contribution in [0.4, 0.5) is 0 Å². The first kappa shape index (κ1) is 9.77. The highest BCUT2D eigenvalue weighted by molar-refractivity contribution is 5.92. The SMILES string of the molecule is COc1ccc(-c2c[nH]c3ncccc23)nn1. The summed E-state index contributed by atoms with van der Waals surface area (Å²) in [4.78, 5) is 7.34. The lowest BCUT2D eigenvalue weighted by Crippen LogP contribution is -1.91. The highest BCUT2D eigenvalue weighted by atomic mass is 16.5. The molecule has 0 spiro atoms. The van der Waals surface area contributed by atoms with E-state index in [0.717, 1.165) is 22.3 Å². The van der Waals surface area contributed by atoms with Gasteiger partial charge in [-0.25, -0.2) is 4.98 Å². The highest BCUT2D eigenvalue weighted by Crippen LogP contribution is 2.25. The summed E-state index contributed by atoms with van der Waals surface area (Å²) in [5, 5.41) is 9.11. The van der Waals surface area contributed by atoms with Gasteiger partial charge in [-0.15, -0.1) is 10.2 Å². The zero-order valence-electron chi connectivity index (χ0n) is 9.21. The molecule has 0 aliphatic carbocycles. The number of hydrogen-bond acceptors (Lipinski definition) is 4. The number of ether oxygens (including phenoxy) is 1. The first-order valence-electron chi connectivity index (χ1n) is 5.18. The molecule has 5 nitrogen and oxygen atoms in total. The molecule has 3 aromatic heterocycles. The average molecular weight is 226 g/mol. The summed E-state index contributed by atoms with van der Waals surface area (Å²) in [7, 11) is 1.57. The fourth-order valence-electron chi connectivity index (χ4n) is 1.74. The molecule has 1 N–H and O–H groups in total. The largest absolute Gasteiger partial charge is 0.480 e. The lowest BCUT2D eigenvalue weighted by Gasteiger charge is -1.99. The second-order valence-corrected chi connectivity index (χ2v) is 3.56. The molecule has 3 rings (SSSR count). The third-order valence-corrected chi connectivity index (χ3v) is 2.58. The van der Waals surface area contributed by atoms with E-state index in [2.05, 4.69) is 20.2 Å². The molecule has 0 aromatic carbocycles. The Hall–Kier alpha value is -2.43. The second kappa shape index (κ2) is 3.86. The molecule has 0 fully saturated rings. The van der Waals surface area contributed by atoms with E-state index in [-0.39, 0.29) is 0 Å². The number of rotatable bonds is 2. The van der Waals surface area contributed by atoms with Gasteiger partial charge in [-0.1, -0.05) is 0 Å². The number of nitrogens with zero attached hydrogens (tertiary/aromatic N) is 3. The summed E-state index contributed by atoms with van der Waals surface area (Å²) in [5.41, 5.74) is 2.63. The molecular formula is C12H10N4O. The van der Waals surface area contributed by atoms with Crippen molar-refractivity contribution in [3.63, 3.8) is 0 Å². The van der Waals surface area contributed by atoms with Crippen LogP contribution in [-0.2, 0) is 0 Å². The molecule has 0 saturated carbocycles. The molecule has 0 aliphatic rings. The summed E-state index contributed by atoms with van der Waals surface area (Å²) in [6.07, 6.45) is 3.64. The number of aromatic amines is 1. The molecule has 0 unspecified atom stereocenters. The summed E-state index contributed by atoms with van der Waals surface area (Å²) >= 11 is 0. The normalized spacial score (nSPS) is 10.6. The first-order valence-corrected chi connectivity index (χ1v) is 5.18. The van der Waals surface area contributed by atoms with Crippen LogP contribution in [0.2, 0.25) is 0 Å². The quantitative estimate of drug-likeness (QED) is 0.726. The lowest BCUT2D eigenvalue weighted by atomic mass is 10.1. The van der Waals surface area contributed by atoms with E-state index in [0.29, 0.717) is 5.88 Å². The maximum atomic E-state index is 4.98. The van der Waals surface area contributed by atoms with Crippen molar-refractivity contribution in [2.24, 2.45) is 0 Å². The summed E-state index contributed by atoms with van der Waals surface area (Å²) < 4.78 is 4.98. The average Bonchev–Trinajstić information content (AvgIpc) is 2.83. The van der Waals surface area contributed by atoms with E-state index >= 15 is 0 Å². The van der Waals surface area contributed by atoms with Crippen molar-refractivity contribution >= 4 is 11.0 Å². The van der Waals surface area contributed by atoms with E-state index in [9.17, 15) is 0 Å².